The van der Waals surface area contributed by atoms with Crippen molar-refractivity contribution in [2.75, 3.05) is 6.54 Å². The number of amides is 1. The van der Waals surface area contributed by atoms with Crippen molar-refractivity contribution in [2.24, 2.45) is 0 Å². The highest BCUT2D eigenvalue weighted by Gasteiger charge is 2.16. The van der Waals surface area contributed by atoms with Gasteiger partial charge in [0.05, 0.1) is 6.42 Å². The third kappa shape index (κ3) is 5.44. The van der Waals surface area contributed by atoms with Gasteiger partial charge in [-0.25, -0.2) is 4.98 Å². The first-order valence-electron chi connectivity index (χ1n) is 5.20. The third-order valence-electron chi connectivity index (χ3n) is 1.66. The Morgan fingerprint density at radius 2 is 2.24 bits per heavy atom. The molecule has 93 valence electrons. The lowest BCUT2D eigenvalue weighted by atomic mass is 10.2. The topological polar surface area (TPSA) is 68.3 Å². The average Bonchev–Trinajstić information content (AvgIpc) is 2.66. The molecule has 1 aromatic heterocycles. The highest BCUT2D eigenvalue weighted by atomic mass is 32.1. The summed E-state index contributed by atoms with van der Waals surface area (Å²) in [5.41, 5.74) is 2.40. The fourth-order valence-corrected chi connectivity index (χ4v) is 1.52. The van der Waals surface area contributed by atoms with Crippen LogP contribution in [-0.2, 0) is 9.53 Å². The Bertz CT molecular complexity index is 382. The first-order chi connectivity index (χ1) is 7.88. The van der Waals surface area contributed by atoms with Gasteiger partial charge in [-0.05, 0) is 20.8 Å². The number of thiazole rings is 1. The number of carbonyl (C=O) groups is 2. The minimum atomic E-state index is -0.495. The molecular weight excluding hydrogens is 240 g/mol. The maximum atomic E-state index is 11.4. The predicted octanol–water partition coefficient (Wildman–Crippen LogP) is 1.40. The molecule has 1 N–H and O–H groups in total. The van der Waals surface area contributed by atoms with Gasteiger partial charge in [-0.3, -0.25) is 9.59 Å². The molecular formula is C11H15N2O3S. The van der Waals surface area contributed by atoms with Crippen LogP contribution in [0.3, 0.4) is 0 Å². The number of nitrogens with one attached hydrogen (secondary N) is 1. The van der Waals surface area contributed by atoms with Gasteiger partial charge in [-0.15, -0.1) is 11.3 Å². The van der Waals surface area contributed by atoms with Crippen molar-refractivity contribution in [3.05, 3.63) is 16.6 Å². The molecule has 0 saturated carbocycles. The summed E-state index contributed by atoms with van der Waals surface area (Å²) in [7, 11) is 0. The molecule has 0 aliphatic rings. The minimum absolute atomic E-state index is 0.150. The molecule has 17 heavy (non-hydrogen) atoms. The summed E-state index contributed by atoms with van der Waals surface area (Å²) in [6, 6.07) is 0. The first kappa shape index (κ1) is 13.6. The molecule has 1 amide bonds. The Kier molecular flexibility index (Phi) is 4.62. The number of hydrogen-bond donors (Lipinski definition) is 1. The van der Waals surface area contributed by atoms with Crippen LogP contribution in [0, 0.1) is 5.51 Å². The Balaban J connectivity index is 2.24. The summed E-state index contributed by atoms with van der Waals surface area (Å²) >= 11 is 1.23. The molecule has 1 rings (SSSR count). The van der Waals surface area contributed by atoms with Gasteiger partial charge < -0.3 is 10.1 Å². The van der Waals surface area contributed by atoms with Crippen LogP contribution in [0.2, 0.25) is 0 Å². The smallest absolute Gasteiger partial charge is 0.308 e. The van der Waals surface area contributed by atoms with Crippen LogP contribution < -0.4 is 5.32 Å². The lowest BCUT2D eigenvalue weighted by Gasteiger charge is -2.19. The van der Waals surface area contributed by atoms with E-state index in [0.717, 1.165) is 0 Å². The second kappa shape index (κ2) is 5.77. The van der Waals surface area contributed by atoms with Crippen molar-refractivity contribution in [1.29, 1.82) is 0 Å². The number of carbonyl (C=O) groups excluding carboxylic acids is 2. The van der Waals surface area contributed by atoms with E-state index in [1.807, 2.05) is 0 Å². The van der Waals surface area contributed by atoms with Gasteiger partial charge in [0.15, 0.2) is 5.51 Å². The zero-order valence-electron chi connectivity index (χ0n) is 10.1. The lowest BCUT2D eigenvalue weighted by molar-refractivity contribution is -0.154. The van der Waals surface area contributed by atoms with E-state index in [2.05, 4.69) is 15.8 Å². The molecule has 0 aliphatic heterocycles. The van der Waals surface area contributed by atoms with Gasteiger partial charge in [-0.1, -0.05) is 0 Å². The molecule has 0 spiro atoms. The Morgan fingerprint density at radius 1 is 1.53 bits per heavy atom. The Labute approximate surface area is 104 Å². The van der Waals surface area contributed by atoms with E-state index in [-0.39, 0.29) is 24.8 Å². The summed E-state index contributed by atoms with van der Waals surface area (Å²) in [5, 5.41) is 4.19. The van der Waals surface area contributed by atoms with E-state index in [1.54, 1.807) is 26.2 Å². The summed E-state index contributed by atoms with van der Waals surface area (Å²) in [5.74, 6) is -0.631. The standard InChI is InChI=1S/C11H15N2O3S/c1-11(2,3)16-9(14)4-5-12-10(15)8-6-17-7-13-8/h6H,4-5H2,1-3H3,(H,12,15). The quantitative estimate of drug-likeness (QED) is 0.826. The molecule has 0 unspecified atom stereocenters. The van der Waals surface area contributed by atoms with E-state index in [0.29, 0.717) is 5.69 Å². The van der Waals surface area contributed by atoms with Crippen LogP contribution in [0.15, 0.2) is 5.38 Å². The number of esters is 1. The highest BCUT2D eigenvalue weighted by molar-refractivity contribution is 7.07. The Hall–Kier alpha value is -1.43. The van der Waals surface area contributed by atoms with E-state index in [1.165, 1.54) is 11.3 Å². The van der Waals surface area contributed by atoms with Crippen LogP contribution >= 0.6 is 11.3 Å². The van der Waals surface area contributed by atoms with E-state index >= 15 is 0 Å². The van der Waals surface area contributed by atoms with Crippen molar-refractivity contribution in [3.63, 3.8) is 0 Å². The van der Waals surface area contributed by atoms with Gasteiger partial charge >= 0.3 is 5.97 Å². The summed E-state index contributed by atoms with van der Waals surface area (Å²) in [4.78, 5) is 26.5. The zero-order valence-corrected chi connectivity index (χ0v) is 10.9. The van der Waals surface area contributed by atoms with Gasteiger partial charge in [0, 0.05) is 11.9 Å². The fourth-order valence-electron chi connectivity index (χ4n) is 1.05. The van der Waals surface area contributed by atoms with Gasteiger partial charge in [-0.2, -0.15) is 0 Å². The maximum absolute atomic E-state index is 11.4. The SMILES string of the molecule is CC(C)(C)OC(=O)CCNC(=O)c1cs[c]n1. The van der Waals surface area contributed by atoms with Crippen LogP contribution in [0.4, 0.5) is 0 Å². The van der Waals surface area contributed by atoms with Crippen LogP contribution in [0.5, 0.6) is 0 Å². The predicted molar refractivity (Wildman–Crippen MR) is 63.7 cm³/mol. The number of nitrogens with zero attached hydrogens (tertiary/aromatic N) is 1. The normalized spacial score (nSPS) is 11.0. The monoisotopic (exact) mass is 255 g/mol. The van der Waals surface area contributed by atoms with Gasteiger partial charge in [0.1, 0.15) is 11.3 Å². The van der Waals surface area contributed by atoms with E-state index in [4.69, 9.17) is 4.74 Å². The lowest BCUT2D eigenvalue weighted by Crippen LogP contribution is -2.29. The summed E-state index contributed by atoms with van der Waals surface area (Å²) in [6.07, 6.45) is 0.150. The van der Waals surface area contributed by atoms with Crippen molar-refractivity contribution in [1.82, 2.24) is 10.3 Å². The molecule has 0 saturated heterocycles. The zero-order chi connectivity index (χ0) is 12.9. The molecule has 1 aromatic rings. The van der Waals surface area contributed by atoms with Crippen molar-refractivity contribution in [3.8, 4) is 0 Å². The van der Waals surface area contributed by atoms with Crippen molar-refractivity contribution < 1.29 is 14.3 Å². The van der Waals surface area contributed by atoms with Crippen LogP contribution in [-0.4, -0.2) is 29.0 Å². The van der Waals surface area contributed by atoms with E-state index < -0.39 is 5.60 Å². The largest absolute Gasteiger partial charge is 0.460 e. The molecule has 0 aliphatic carbocycles. The number of hydrogen-bond acceptors (Lipinski definition) is 5. The molecule has 0 fully saturated rings. The molecule has 1 heterocycles. The molecule has 5 nitrogen and oxygen atoms in total. The third-order valence-corrected chi connectivity index (χ3v) is 2.19. The fraction of sp³-hybridized carbons (Fsp3) is 0.545. The second-order valence-corrected chi connectivity index (χ2v) is 5.07. The second-order valence-electron chi connectivity index (χ2n) is 4.42. The minimum Gasteiger partial charge on any atom is -0.460 e. The summed E-state index contributed by atoms with van der Waals surface area (Å²) in [6.45, 7) is 5.64. The molecule has 0 atom stereocenters. The molecule has 0 bridgehead atoms. The first-order valence-corrected chi connectivity index (χ1v) is 6.08. The Morgan fingerprint density at radius 3 is 2.76 bits per heavy atom. The van der Waals surface area contributed by atoms with E-state index in [9.17, 15) is 9.59 Å². The highest BCUT2D eigenvalue weighted by Crippen LogP contribution is 2.07. The van der Waals surface area contributed by atoms with Crippen LogP contribution in [0.25, 0.3) is 0 Å². The number of ether oxygens (including phenoxy) is 1. The number of rotatable bonds is 4. The molecule has 1 radical (unpaired) electrons. The van der Waals surface area contributed by atoms with Crippen LogP contribution in [0.1, 0.15) is 37.7 Å². The van der Waals surface area contributed by atoms with Gasteiger partial charge in [0.2, 0.25) is 0 Å². The average molecular weight is 255 g/mol. The number of aromatic nitrogens is 1. The maximum Gasteiger partial charge on any atom is 0.308 e. The van der Waals surface area contributed by atoms with Crippen molar-refractivity contribution in [2.45, 2.75) is 32.8 Å². The van der Waals surface area contributed by atoms with Crippen molar-refractivity contribution >= 4 is 23.2 Å². The summed E-state index contributed by atoms with van der Waals surface area (Å²) < 4.78 is 5.10. The molecule has 6 heteroatoms. The molecule has 0 aromatic carbocycles. The van der Waals surface area contributed by atoms with Gasteiger partial charge in [0.25, 0.3) is 5.91 Å².